The van der Waals surface area contributed by atoms with Gasteiger partial charge in [-0.3, -0.25) is 0 Å². The van der Waals surface area contributed by atoms with Crippen molar-refractivity contribution in [1.29, 1.82) is 0 Å². The molecule has 1 aromatic carbocycles. The van der Waals surface area contributed by atoms with Crippen molar-refractivity contribution in [3.05, 3.63) is 65.5 Å². The summed E-state index contributed by atoms with van der Waals surface area (Å²) in [7, 11) is 0. The second-order valence-corrected chi connectivity index (χ2v) is 4.18. The number of ether oxygens (including phenoxy) is 1. The van der Waals surface area contributed by atoms with Crippen molar-refractivity contribution in [2.75, 3.05) is 0 Å². The normalized spacial score (nSPS) is 12.1. The van der Waals surface area contributed by atoms with Crippen LogP contribution in [0.15, 0.2) is 48.5 Å². The van der Waals surface area contributed by atoms with Gasteiger partial charge in [0, 0.05) is 0 Å². The van der Waals surface area contributed by atoms with Gasteiger partial charge in [-0.25, -0.2) is 9.78 Å². The summed E-state index contributed by atoms with van der Waals surface area (Å²) in [5.41, 5.74) is 1.73. The zero-order valence-electron chi connectivity index (χ0n) is 10.6. The van der Waals surface area contributed by atoms with Gasteiger partial charge < -0.3 is 9.84 Å². The maximum Gasteiger partial charge on any atom is 0.354 e. The van der Waals surface area contributed by atoms with E-state index in [1.807, 2.05) is 37.3 Å². The summed E-state index contributed by atoms with van der Waals surface area (Å²) in [5, 5.41) is 8.86. The monoisotopic (exact) mass is 257 g/mol. The van der Waals surface area contributed by atoms with Crippen LogP contribution in [0.1, 0.15) is 34.8 Å². The van der Waals surface area contributed by atoms with E-state index in [4.69, 9.17) is 9.84 Å². The average molecular weight is 257 g/mol. The standard InChI is InChI=1S/C15H15NO3/c1-11(12-6-3-2-4-7-12)19-10-13-8-5-9-14(16-13)15(17)18/h2-9,11H,10H2,1H3,(H,17,18). The maximum atomic E-state index is 10.8. The first-order valence-electron chi connectivity index (χ1n) is 6.02. The molecular weight excluding hydrogens is 242 g/mol. The van der Waals surface area contributed by atoms with E-state index in [0.29, 0.717) is 5.69 Å². The summed E-state index contributed by atoms with van der Waals surface area (Å²) < 4.78 is 5.69. The minimum absolute atomic E-state index is 0.0356. The first kappa shape index (κ1) is 13.2. The third-order valence-corrected chi connectivity index (χ3v) is 2.78. The van der Waals surface area contributed by atoms with Crippen LogP contribution >= 0.6 is 0 Å². The van der Waals surface area contributed by atoms with E-state index in [1.165, 1.54) is 6.07 Å². The lowest BCUT2D eigenvalue weighted by Crippen LogP contribution is -2.05. The topological polar surface area (TPSA) is 59.4 Å². The Kier molecular flexibility index (Phi) is 4.26. The van der Waals surface area contributed by atoms with E-state index in [9.17, 15) is 4.79 Å². The van der Waals surface area contributed by atoms with Crippen LogP contribution in [-0.4, -0.2) is 16.1 Å². The third kappa shape index (κ3) is 3.63. The molecule has 4 heteroatoms. The Balaban J connectivity index is 1.99. The minimum atomic E-state index is -1.03. The molecule has 1 N–H and O–H groups in total. The van der Waals surface area contributed by atoms with Crippen LogP contribution in [0.3, 0.4) is 0 Å². The van der Waals surface area contributed by atoms with Gasteiger partial charge in [0.05, 0.1) is 18.4 Å². The number of benzene rings is 1. The van der Waals surface area contributed by atoms with Gasteiger partial charge in [-0.15, -0.1) is 0 Å². The summed E-state index contributed by atoms with van der Waals surface area (Å²) in [4.78, 5) is 14.8. The summed E-state index contributed by atoms with van der Waals surface area (Å²) in [5.74, 6) is -1.03. The van der Waals surface area contributed by atoms with Crippen molar-refractivity contribution in [1.82, 2.24) is 4.98 Å². The van der Waals surface area contributed by atoms with Crippen molar-refractivity contribution in [2.24, 2.45) is 0 Å². The lowest BCUT2D eigenvalue weighted by Gasteiger charge is -2.13. The van der Waals surface area contributed by atoms with Gasteiger partial charge in [0.1, 0.15) is 5.69 Å². The Morgan fingerprint density at radius 2 is 1.95 bits per heavy atom. The van der Waals surface area contributed by atoms with Crippen LogP contribution in [0, 0.1) is 0 Å². The van der Waals surface area contributed by atoms with Gasteiger partial charge in [-0.05, 0) is 24.6 Å². The van der Waals surface area contributed by atoms with Crippen molar-refractivity contribution in [3.8, 4) is 0 Å². The molecule has 1 unspecified atom stereocenters. The number of carbonyl (C=O) groups is 1. The fourth-order valence-electron chi connectivity index (χ4n) is 1.71. The van der Waals surface area contributed by atoms with Gasteiger partial charge >= 0.3 is 5.97 Å². The van der Waals surface area contributed by atoms with Crippen molar-refractivity contribution >= 4 is 5.97 Å². The lowest BCUT2D eigenvalue weighted by molar-refractivity contribution is 0.0502. The smallest absolute Gasteiger partial charge is 0.354 e. The van der Waals surface area contributed by atoms with Crippen LogP contribution in [-0.2, 0) is 11.3 Å². The highest BCUT2D eigenvalue weighted by atomic mass is 16.5. The zero-order chi connectivity index (χ0) is 13.7. The van der Waals surface area contributed by atoms with Gasteiger partial charge in [0.2, 0.25) is 0 Å². The highest BCUT2D eigenvalue weighted by Crippen LogP contribution is 2.17. The SMILES string of the molecule is CC(OCc1cccc(C(=O)O)n1)c1ccccc1. The van der Waals surface area contributed by atoms with Crippen molar-refractivity contribution < 1.29 is 14.6 Å². The number of hydrogen-bond acceptors (Lipinski definition) is 3. The van der Waals surface area contributed by atoms with Crippen molar-refractivity contribution in [3.63, 3.8) is 0 Å². The Morgan fingerprint density at radius 3 is 2.63 bits per heavy atom. The van der Waals surface area contributed by atoms with Gasteiger partial charge in [0.15, 0.2) is 0 Å². The molecular formula is C15H15NO3. The lowest BCUT2D eigenvalue weighted by atomic mass is 10.1. The number of hydrogen-bond donors (Lipinski definition) is 1. The summed E-state index contributed by atoms with van der Waals surface area (Å²) in [6.45, 7) is 2.24. The van der Waals surface area contributed by atoms with Gasteiger partial charge in [-0.1, -0.05) is 36.4 Å². The molecule has 0 amide bonds. The Hall–Kier alpha value is -2.20. The molecule has 1 atom stereocenters. The molecule has 1 heterocycles. The third-order valence-electron chi connectivity index (χ3n) is 2.78. The molecule has 2 aromatic rings. The quantitative estimate of drug-likeness (QED) is 0.894. The number of nitrogens with zero attached hydrogens (tertiary/aromatic N) is 1. The minimum Gasteiger partial charge on any atom is -0.477 e. The molecule has 19 heavy (non-hydrogen) atoms. The highest BCUT2D eigenvalue weighted by molar-refractivity contribution is 5.85. The van der Waals surface area contributed by atoms with Crippen LogP contribution in [0.5, 0.6) is 0 Å². The molecule has 0 saturated heterocycles. The van der Waals surface area contributed by atoms with Crippen LogP contribution in [0.25, 0.3) is 0 Å². The average Bonchev–Trinajstić information content (AvgIpc) is 2.46. The molecule has 2 rings (SSSR count). The van der Waals surface area contributed by atoms with Gasteiger partial charge in [-0.2, -0.15) is 0 Å². The van der Waals surface area contributed by atoms with E-state index in [0.717, 1.165) is 5.56 Å². The van der Waals surface area contributed by atoms with Crippen LogP contribution in [0.4, 0.5) is 0 Å². The first-order valence-corrected chi connectivity index (χ1v) is 6.02. The summed E-state index contributed by atoms with van der Waals surface area (Å²) in [6, 6.07) is 14.7. The molecule has 0 saturated carbocycles. The highest BCUT2D eigenvalue weighted by Gasteiger charge is 2.08. The molecule has 1 aromatic heterocycles. The summed E-state index contributed by atoms with van der Waals surface area (Å²) >= 11 is 0. The number of rotatable bonds is 5. The number of aromatic carboxylic acids is 1. The van der Waals surface area contributed by atoms with Crippen molar-refractivity contribution in [2.45, 2.75) is 19.6 Å². The van der Waals surface area contributed by atoms with E-state index >= 15 is 0 Å². The Labute approximate surface area is 111 Å². The number of aromatic nitrogens is 1. The maximum absolute atomic E-state index is 10.8. The first-order chi connectivity index (χ1) is 9.16. The fraction of sp³-hybridized carbons (Fsp3) is 0.200. The second kappa shape index (κ2) is 6.11. The fourth-order valence-corrected chi connectivity index (χ4v) is 1.71. The molecule has 0 aliphatic heterocycles. The van der Waals surface area contributed by atoms with Crippen LogP contribution in [0.2, 0.25) is 0 Å². The van der Waals surface area contributed by atoms with E-state index in [1.54, 1.807) is 12.1 Å². The molecule has 0 fully saturated rings. The number of pyridine rings is 1. The van der Waals surface area contributed by atoms with E-state index in [-0.39, 0.29) is 18.4 Å². The molecule has 98 valence electrons. The Bertz CT molecular complexity index is 554. The number of carboxylic acids is 1. The predicted molar refractivity (Wildman–Crippen MR) is 70.8 cm³/mol. The number of carboxylic acid groups (broad SMARTS) is 1. The Morgan fingerprint density at radius 1 is 1.21 bits per heavy atom. The molecule has 0 aliphatic carbocycles. The van der Waals surface area contributed by atoms with E-state index in [2.05, 4.69) is 4.98 Å². The van der Waals surface area contributed by atoms with Crippen LogP contribution < -0.4 is 0 Å². The predicted octanol–water partition coefficient (Wildman–Crippen LogP) is 3.06. The second-order valence-electron chi connectivity index (χ2n) is 4.18. The molecule has 0 bridgehead atoms. The molecule has 0 aliphatic rings. The summed E-state index contributed by atoms with van der Waals surface area (Å²) in [6.07, 6.45) is -0.0588. The zero-order valence-corrected chi connectivity index (χ0v) is 10.6. The van der Waals surface area contributed by atoms with Gasteiger partial charge in [0.25, 0.3) is 0 Å². The molecule has 4 nitrogen and oxygen atoms in total. The molecule has 0 spiro atoms. The molecule has 0 radical (unpaired) electrons. The van der Waals surface area contributed by atoms with E-state index < -0.39 is 5.97 Å². The largest absolute Gasteiger partial charge is 0.477 e.